The molecule has 1 unspecified atom stereocenters. The quantitative estimate of drug-likeness (QED) is 0.658. The molecule has 0 spiro atoms. The van der Waals surface area contributed by atoms with E-state index in [9.17, 15) is 14.9 Å². The molecule has 0 saturated carbocycles. The average Bonchev–Trinajstić information content (AvgIpc) is 2.50. The fraction of sp³-hybridized carbons (Fsp3) is 0.588. The van der Waals surface area contributed by atoms with E-state index in [1.54, 1.807) is 13.0 Å². The van der Waals surface area contributed by atoms with Gasteiger partial charge < -0.3 is 15.5 Å². The summed E-state index contributed by atoms with van der Waals surface area (Å²) in [4.78, 5) is 25.1. The van der Waals surface area contributed by atoms with E-state index in [2.05, 4.69) is 22.6 Å². The van der Waals surface area contributed by atoms with E-state index in [4.69, 9.17) is 0 Å². The summed E-state index contributed by atoms with van der Waals surface area (Å²) in [5.74, 6) is 0. The first-order valence-corrected chi connectivity index (χ1v) is 8.48. The number of nitro benzene ring substituents is 1. The molecule has 130 valence electrons. The third-order valence-electron chi connectivity index (χ3n) is 5.34. The number of nitrogens with zero attached hydrogens (tertiary/aromatic N) is 2. The van der Waals surface area contributed by atoms with E-state index < -0.39 is 4.92 Å². The number of aryl methyl sites for hydroxylation is 1. The molecule has 7 heteroatoms. The number of urea groups is 1. The zero-order valence-corrected chi connectivity index (χ0v) is 14.1. The Kier molecular flexibility index (Phi) is 4.71. The summed E-state index contributed by atoms with van der Waals surface area (Å²) in [6, 6.07) is 5.52. The van der Waals surface area contributed by atoms with Crippen LogP contribution in [0.3, 0.4) is 0 Å². The highest BCUT2D eigenvalue weighted by Gasteiger charge is 2.36. The maximum Gasteiger partial charge on any atom is 0.319 e. The zero-order valence-electron chi connectivity index (χ0n) is 14.1. The molecule has 1 aromatic carbocycles. The number of amides is 2. The average molecular weight is 332 g/mol. The van der Waals surface area contributed by atoms with Crippen molar-refractivity contribution in [3.8, 4) is 0 Å². The van der Waals surface area contributed by atoms with Gasteiger partial charge in [0.05, 0.1) is 4.92 Å². The van der Waals surface area contributed by atoms with Gasteiger partial charge in [0.15, 0.2) is 0 Å². The zero-order chi connectivity index (χ0) is 17.3. The minimum Gasteiger partial charge on any atom is -0.335 e. The second-order valence-corrected chi connectivity index (χ2v) is 6.93. The van der Waals surface area contributed by atoms with Crippen molar-refractivity contribution in [1.29, 1.82) is 0 Å². The maximum atomic E-state index is 12.3. The number of benzene rings is 1. The smallest absolute Gasteiger partial charge is 0.319 e. The number of carbonyl (C=O) groups is 1. The molecule has 3 rings (SSSR count). The number of anilines is 1. The first kappa shape index (κ1) is 16.7. The molecule has 1 aromatic rings. The third kappa shape index (κ3) is 3.51. The van der Waals surface area contributed by atoms with E-state index >= 15 is 0 Å². The van der Waals surface area contributed by atoms with Crippen LogP contribution in [-0.4, -0.2) is 41.0 Å². The van der Waals surface area contributed by atoms with Crippen LogP contribution in [0.1, 0.15) is 37.7 Å². The first-order valence-electron chi connectivity index (χ1n) is 8.48. The molecule has 3 atom stereocenters. The number of fused-ring (bicyclic) bond motifs is 2. The molecule has 2 aliphatic rings. The predicted octanol–water partition coefficient (Wildman–Crippen LogP) is 3.04. The lowest BCUT2D eigenvalue weighted by Crippen LogP contribution is -2.55. The molecular weight excluding hydrogens is 308 g/mol. The Bertz CT molecular complexity index is 635. The van der Waals surface area contributed by atoms with Crippen LogP contribution in [0, 0.1) is 17.0 Å². The lowest BCUT2D eigenvalue weighted by molar-refractivity contribution is -0.384. The summed E-state index contributed by atoms with van der Waals surface area (Å²) >= 11 is 0. The SMILES string of the molecule is Cc1cc([N+](=O)[O-])ccc1NC(=O)NC1C[C@H]2CCC[C@@H](C1)N2C. The van der Waals surface area contributed by atoms with Crippen molar-refractivity contribution < 1.29 is 9.72 Å². The number of non-ortho nitro benzene ring substituents is 1. The Morgan fingerprint density at radius 2 is 1.96 bits per heavy atom. The van der Waals surface area contributed by atoms with Gasteiger partial charge in [0.2, 0.25) is 0 Å². The molecule has 2 bridgehead atoms. The first-order chi connectivity index (χ1) is 11.4. The molecule has 0 aromatic heterocycles. The van der Waals surface area contributed by atoms with Gasteiger partial charge in [0, 0.05) is 35.9 Å². The minimum absolute atomic E-state index is 0.0293. The number of piperidine rings is 2. The van der Waals surface area contributed by atoms with Crippen LogP contribution < -0.4 is 10.6 Å². The Balaban J connectivity index is 1.59. The van der Waals surface area contributed by atoms with Crippen LogP contribution in [0.2, 0.25) is 0 Å². The lowest BCUT2D eigenvalue weighted by atomic mass is 9.82. The second-order valence-electron chi connectivity index (χ2n) is 6.93. The molecule has 0 aliphatic carbocycles. The normalized spacial score (nSPS) is 26.7. The van der Waals surface area contributed by atoms with Gasteiger partial charge in [-0.2, -0.15) is 0 Å². The van der Waals surface area contributed by atoms with E-state index in [1.807, 2.05) is 0 Å². The van der Waals surface area contributed by atoms with Crippen LogP contribution in [-0.2, 0) is 0 Å². The van der Waals surface area contributed by atoms with Crippen molar-refractivity contribution in [1.82, 2.24) is 10.2 Å². The summed E-state index contributed by atoms with van der Waals surface area (Å²) in [6.07, 6.45) is 5.66. The maximum absolute atomic E-state index is 12.3. The van der Waals surface area contributed by atoms with Gasteiger partial charge in [-0.1, -0.05) is 6.42 Å². The number of rotatable bonds is 3. The highest BCUT2D eigenvalue weighted by atomic mass is 16.6. The molecule has 7 nitrogen and oxygen atoms in total. The van der Waals surface area contributed by atoms with E-state index in [1.165, 1.54) is 31.4 Å². The molecule has 2 saturated heterocycles. The van der Waals surface area contributed by atoms with Crippen LogP contribution in [0.4, 0.5) is 16.2 Å². The fourth-order valence-corrected chi connectivity index (χ4v) is 3.98. The van der Waals surface area contributed by atoms with Gasteiger partial charge in [-0.05, 0) is 51.3 Å². The summed E-state index contributed by atoms with van der Waals surface area (Å²) < 4.78 is 0. The summed E-state index contributed by atoms with van der Waals surface area (Å²) in [5.41, 5.74) is 1.31. The van der Waals surface area contributed by atoms with E-state index in [0.717, 1.165) is 12.8 Å². The van der Waals surface area contributed by atoms with E-state index in [-0.39, 0.29) is 17.8 Å². The van der Waals surface area contributed by atoms with Gasteiger partial charge in [-0.3, -0.25) is 10.1 Å². The summed E-state index contributed by atoms with van der Waals surface area (Å²) in [6.45, 7) is 1.75. The largest absolute Gasteiger partial charge is 0.335 e. The summed E-state index contributed by atoms with van der Waals surface area (Å²) in [5, 5.41) is 16.7. The van der Waals surface area contributed by atoms with Gasteiger partial charge in [0.25, 0.3) is 5.69 Å². The van der Waals surface area contributed by atoms with Crippen molar-refractivity contribution in [2.24, 2.45) is 0 Å². The van der Waals surface area contributed by atoms with Crippen molar-refractivity contribution in [2.75, 3.05) is 12.4 Å². The van der Waals surface area contributed by atoms with Gasteiger partial charge in [0.1, 0.15) is 0 Å². The molecule has 2 amide bonds. The highest BCUT2D eigenvalue weighted by molar-refractivity contribution is 5.90. The molecule has 24 heavy (non-hydrogen) atoms. The van der Waals surface area contributed by atoms with Gasteiger partial charge >= 0.3 is 6.03 Å². The standard InChI is InChI=1S/C17H24N4O3/c1-11-8-15(21(23)24)6-7-16(11)19-17(22)18-12-9-13-4-3-5-14(10-12)20(13)2/h6-8,12-14H,3-5,9-10H2,1-2H3,(H2,18,19,22)/t12?,13-,14+. The molecular formula is C17H24N4O3. The highest BCUT2D eigenvalue weighted by Crippen LogP contribution is 2.32. The second kappa shape index (κ2) is 6.76. The van der Waals surface area contributed by atoms with Crippen molar-refractivity contribution in [3.63, 3.8) is 0 Å². The van der Waals surface area contributed by atoms with Crippen LogP contribution >= 0.6 is 0 Å². The monoisotopic (exact) mass is 332 g/mol. The number of nitrogens with one attached hydrogen (secondary N) is 2. The Morgan fingerprint density at radius 3 is 2.54 bits per heavy atom. The molecule has 2 heterocycles. The van der Waals surface area contributed by atoms with Crippen molar-refractivity contribution in [2.45, 2.75) is 57.2 Å². The molecule has 2 aliphatic heterocycles. The minimum atomic E-state index is -0.436. The van der Waals surface area contributed by atoms with Gasteiger partial charge in [-0.25, -0.2) is 4.79 Å². The lowest BCUT2D eigenvalue weighted by Gasteiger charge is -2.47. The Labute approximate surface area is 141 Å². The number of hydrogen-bond donors (Lipinski definition) is 2. The number of hydrogen-bond acceptors (Lipinski definition) is 4. The van der Waals surface area contributed by atoms with Crippen LogP contribution in [0.25, 0.3) is 0 Å². The Morgan fingerprint density at radius 1 is 1.29 bits per heavy atom. The van der Waals surface area contributed by atoms with Crippen molar-refractivity contribution in [3.05, 3.63) is 33.9 Å². The predicted molar refractivity (Wildman–Crippen MR) is 92.2 cm³/mol. The summed E-state index contributed by atoms with van der Waals surface area (Å²) in [7, 11) is 2.19. The number of nitro groups is 1. The molecule has 2 N–H and O–H groups in total. The molecule has 0 radical (unpaired) electrons. The number of carbonyl (C=O) groups excluding carboxylic acids is 1. The molecule has 2 fully saturated rings. The fourth-order valence-electron chi connectivity index (χ4n) is 3.98. The van der Waals surface area contributed by atoms with E-state index in [0.29, 0.717) is 23.3 Å². The van der Waals surface area contributed by atoms with Gasteiger partial charge in [-0.15, -0.1) is 0 Å². The van der Waals surface area contributed by atoms with Crippen LogP contribution in [0.15, 0.2) is 18.2 Å². The van der Waals surface area contributed by atoms with Crippen LogP contribution in [0.5, 0.6) is 0 Å². The topological polar surface area (TPSA) is 87.5 Å². The third-order valence-corrected chi connectivity index (χ3v) is 5.34. The van der Waals surface area contributed by atoms with Crippen molar-refractivity contribution >= 4 is 17.4 Å². The Hall–Kier alpha value is -2.15.